The van der Waals surface area contributed by atoms with Crippen molar-refractivity contribution in [1.82, 2.24) is 15.5 Å². The summed E-state index contributed by atoms with van der Waals surface area (Å²) in [6.07, 6.45) is 4.87. The molecular weight excluding hydrogens is 376 g/mol. The Hall–Kier alpha value is -1.07. The Kier molecular flexibility index (Phi) is 6.77. The standard InChI is InChI=1S/C20H31BrN4/c1-3-11-25-12-9-17(10-13-25)23-20(22-4-2)24-19-14-18(19)15-5-7-16(21)8-6-15/h5-8,17-19H,3-4,9-14H2,1-2H3,(H2,22,23,24). The van der Waals surface area contributed by atoms with Crippen molar-refractivity contribution in [1.29, 1.82) is 0 Å². The van der Waals surface area contributed by atoms with Crippen LogP contribution in [0.2, 0.25) is 0 Å². The van der Waals surface area contributed by atoms with Crippen molar-refractivity contribution in [3.8, 4) is 0 Å². The first-order valence-corrected chi connectivity index (χ1v) is 10.5. The van der Waals surface area contributed by atoms with Gasteiger partial charge in [-0.15, -0.1) is 0 Å². The average Bonchev–Trinajstić information content (AvgIpc) is 3.37. The van der Waals surface area contributed by atoms with E-state index in [1.54, 1.807) is 0 Å². The van der Waals surface area contributed by atoms with E-state index in [9.17, 15) is 0 Å². The van der Waals surface area contributed by atoms with Gasteiger partial charge in [-0.3, -0.25) is 4.99 Å². The van der Waals surface area contributed by atoms with Gasteiger partial charge in [0.05, 0.1) is 0 Å². The van der Waals surface area contributed by atoms with Gasteiger partial charge in [-0.2, -0.15) is 0 Å². The Balaban J connectivity index is 1.48. The van der Waals surface area contributed by atoms with E-state index >= 15 is 0 Å². The molecule has 1 aromatic carbocycles. The van der Waals surface area contributed by atoms with Gasteiger partial charge in [0.1, 0.15) is 0 Å². The Morgan fingerprint density at radius 1 is 1.16 bits per heavy atom. The summed E-state index contributed by atoms with van der Waals surface area (Å²) in [7, 11) is 0. The lowest BCUT2D eigenvalue weighted by Gasteiger charge is -2.33. The zero-order valence-corrected chi connectivity index (χ0v) is 17.1. The first-order chi connectivity index (χ1) is 12.2. The quantitative estimate of drug-likeness (QED) is 0.558. The monoisotopic (exact) mass is 406 g/mol. The minimum absolute atomic E-state index is 0.513. The van der Waals surface area contributed by atoms with Gasteiger partial charge in [0.2, 0.25) is 0 Å². The molecule has 138 valence electrons. The molecule has 2 N–H and O–H groups in total. The number of hydrogen-bond donors (Lipinski definition) is 2. The number of benzene rings is 1. The van der Waals surface area contributed by atoms with E-state index < -0.39 is 0 Å². The zero-order valence-electron chi connectivity index (χ0n) is 15.5. The lowest BCUT2D eigenvalue weighted by atomic mass is 10.1. The molecule has 1 aliphatic carbocycles. The molecule has 3 rings (SSSR count). The highest BCUT2D eigenvalue weighted by Gasteiger charge is 2.39. The topological polar surface area (TPSA) is 39.7 Å². The Labute approximate surface area is 160 Å². The summed E-state index contributed by atoms with van der Waals surface area (Å²) in [5.41, 5.74) is 1.42. The van der Waals surface area contributed by atoms with Crippen LogP contribution in [0.1, 0.15) is 51.0 Å². The third-order valence-electron chi connectivity index (χ3n) is 5.20. The maximum atomic E-state index is 4.67. The number of rotatable bonds is 6. The first kappa shape index (κ1) is 18.7. The minimum Gasteiger partial charge on any atom is -0.354 e. The van der Waals surface area contributed by atoms with Gasteiger partial charge in [0.15, 0.2) is 5.96 Å². The van der Waals surface area contributed by atoms with Crippen LogP contribution in [-0.2, 0) is 0 Å². The molecule has 1 heterocycles. The van der Waals surface area contributed by atoms with Crippen molar-refractivity contribution in [3.63, 3.8) is 0 Å². The van der Waals surface area contributed by atoms with Crippen LogP contribution in [0.3, 0.4) is 0 Å². The summed E-state index contributed by atoms with van der Waals surface area (Å²) in [6.45, 7) is 8.83. The van der Waals surface area contributed by atoms with Gasteiger partial charge >= 0.3 is 0 Å². The summed E-state index contributed by atoms with van der Waals surface area (Å²) in [4.78, 5) is 7.25. The van der Waals surface area contributed by atoms with E-state index in [2.05, 4.69) is 74.6 Å². The molecule has 25 heavy (non-hydrogen) atoms. The fourth-order valence-electron chi connectivity index (χ4n) is 3.71. The Morgan fingerprint density at radius 3 is 2.52 bits per heavy atom. The molecule has 0 bridgehead atoms. The summed E-state index contributed by atoms with van der Waals surface area (Å²) >= 11 is 3.51. The summed E-state index contributed by atoms with van der Waals surface area (Å²) < 4.78 is 1.14. The number of nitrogens with zero attached hydrogens (tertiary/aromatic N) is 2. The number of piperidine rings is 1. The second-order valence-corrected chi connectivity index (χ2v) is 8.14. The zero-order chi connectivity index (χ0) is 17.6. The molecule has 1 saturated heterocycles. The highest BCUT2D eigenvalue weighted by atomic mass is 79.9. The number of likely N-dealkylation sites (tertiary alicyclic amines) is 1. The summed E-state index contributed by atoms with van der Waals surface area (Å²) in [5, 5.41) is 7.33. The number of hydrogen-bond acceptors (Lipinski definition) is 2. The van der Waals surface area contributed by atoms with E-state index in [-0.39, 0.29) is 0 Å². The van der Waals surface area contributed by atoms with Gasteiger partial charge in [0.25, 0.3) is 0 Å². The second kappa shape index (κ2) is 9.04. The molecule has 4 nitrogen and oxygen atoms in total. The predicted molar refractivity (Wildman–Crippen MR) is 109 cm³/mol. The highest BCUT2D eigenvalue weighted by molar-refractivity contribution is 9.10. The molecule has 2 unspecified atom stereocenters. The fraction of sp³-hybridized carbons (Fsp3) is 0.650. The molecule has 5 heteroatoms. The van der Waals surface area contributed by atoms with Crippen LogP contribution in [0.25, 0.3) is 0 Å². The van der Waals surface area contributed by atoms with Gasteiger partial charge in [-0.05, 0) is 56.8 Å². The largest absolute Gasteiger partial charge is 0.354 e. The summed E-state index contributed by atoms with van der Waals surface area (Å²) in [6, 6.07) is 9.78. The molecule has 0 radical (unpaired) electrons. The molecule has 0 amide bonds. The van der Waals surface area contributed by atoms with Crippen LogP contribution in [0.15, 0.2) is 33.7 Å². The number of halogens is 1. The molecule has 1 saturated carbocycles. The molecule has 2 atom stereocenters. The molecule has 0 aromatic heterocycles. The van der Waals surface area contributed by atoms with Crippen molar-refractivity contribution in [2.24, 2.45) is 4.99 Å². The molecule has 1 aliphatic heterocycles. The van der Waals surface area contributed by atoms with Gasteiger partial charge in [-0.25, -0.2) is 0 Å². The normalized spacial score (nSPS) is 25.0. The number of nitrogens with one attached hydrogen (secondary N) is 2. The van der Waals surface area contributed by atoms with Crippen molar-refractivity contribution in [3.05, 3.63) is 34.3 Å². The lowest BCUT2D eigenvalue weighted by molar-refractivity contribution is 0.206. The highest BCUT2D eigenvalue weighted by Crippen LogP contribution is 2.41. The van der Waals surface area contributed by atoms with Crippen LogP contribution >= 0.6 is 15.9 Å². The third-order valence-corrected chi connectivity index (χ3v) is 5.72. The van der Waals surface area contributed by atoms with Crippen LogP contribution in [0.4, 0.5) is 0 Å². The molecule has 2 fully saturated rings. The first-order valence-electron chi connectivity index (χ1n) is 9.75. The number of aliphatic imine (C=N–C) groups is 1. The summed E-state index contributed by atoms with van der Waals surface area (Å²) in [5.74, 6) is 1.62. The average molecular weight is 407 g/mol. The van der Waals surface area contributed by atoms with Gasteiger partial charge in [-0.1, -0.05) is 35.0 Å². The fourth-order valence-corrected chi connectivity index (χ4v) is 3.97. The van der Waals surface area contributed by atoms with Crippen LogP contribution in [0.5, 0.6) is 0 Å². The smallest absolute Gasteiger partial charge is 0.191 e. The van der Waals surface area contributed by atoms with Crippen LogP contribution < -0.4 is 10.6 Å². The Morgan fingerprint density at radius 2 is 1.88 bits per heavy atom. The minimum atomic E-state index is 0.513. The molecule has 0 spiro atoms. The maximum absolute atomic E-state index is 4.67. The van der Waals surface area contributed by atoms with E-state index in [0.717, 1.165) is 17.0 Å². The third kappa shape index (κ3) is 5.45. The van der Waals surface area contributed by atoms with Crippen LogP contribution in [-0.4, -0.2) is 49.1 Å². The van der Waals surface area contributed by atoms with E-state index in [4.69, 9.17) is 0 Å². The Bertz CT molecular complexity index is 564. The molecule has 1 aromatic rings. The van der Waals surface area contributed by atoms with E-state index in [1.807, 2.05) is 0 Å². The second-order valence-electron chi connectivity index (χ2n) is 7.23. The van der Waals surface area contributed by atoms with Crippen molar-refractivity contribution in [2.75, 3.05) is 26.2 Å². The predicted octanol–water partition coefficient (Wildman–Crippen LogP) is 3.73. The van der Waals surface area contributed by atoms with Crippen LogP contribution in [0, 0.1) is 0 Å². The SMILES string of the molecule is CCCN1CCC(NC(=NCC)NC2CC2c2ccc(Br)cc2)CC1. The van der Waals surface area contributed by atoms with Gasteiger partial charge in [0, 0.05) is 42.1 Å². The molecule has 2 aliphatic rings. The van der Waals surface area contributed by atoms with Gasteiger partial charge < -0.3 is 15.5 Å². The van der Waals surface area contributed by atoms with Crippen molar-refractivity contribution < 1.29 is 0 Å². The van der Waals surface area contributed by atoms with E-state index in [1.165, 1.54) is 50.9 Å². The van der Waals surface area contributed by atoms with Crippen molar-refractivity contribution in [2.45, 2.75) is 57.5 Å². The maximum Gasteiger partial charge on any atom is 0.191 e. The number of guanidine groups is 1. The lowest BCUT2D eigenvalue weighted by Crippen LogP contribution is -2.49. The van der Waals surface area contributed by atoms with Crippen molar-refractivity contribution >= 4 is 21.9 Å². The van der Waals surface area contributed by atoms with E-state index in [0.29, 0.717) is 18.0 Å². The molecular formula is C20H31BrN4.